The van der Waals surface area contributed by atoms with Crippen LogP contribution in [0.4, 0.5) is 0 Å². The third-order valence-corrected chi connectivity index (χ3v) is 10.7. The van der Waals surface area contributed by atoms with Gasteiger partial charge in [0.2, 0.25) is 0 Å². The SMILES string of the molecule is CCCCCCCCCCCC(=O)OC[C@@H](COC(=O)CCCCCCCCCCC(C)CC)OC(=O)CCCCCCCCCCC(C)CC. The first kappa shape index (κ1) is 49.4. The molecule has 0 N–H and O–H groups in total. The maximum absolute atomic E-state index is 12.7. The van der Waals surface area contributed by atoms with Gasteiger partial charge in [-0.3, -0.25) is 14.4 Å². The van der Waals surface area contributed by atoms with E-state index in [1.54, 1.807) is 0 Å². The highest BCUT2D eigenvalue weighted by molar-refractivity contribution is 5.71. The van der Waals surface area contributed by atoms with E-state index >= 15 is 0 Å². The van der Waals surface area contributed by atoms with E-state index in [1.165, 1.54) is 128 Å². The lowest BCUT2D eigenvalue weighted by atomic mass is 9.99. The number of hydrogen-bond acceptors (Lipinski definition) is 6. The van der Waals surface area contributed by atoms with Crippen molar-refractivity contribution in [3.05, 3.63) is 0 Å². The summed E-state index contributed by atoms with van der Waals surface area (Å²) in [6, 6.07) is 0. The first-order valence-corrected chi connectivity index (χ1v) is 22.3. The fourth-order valence-corrected chi connectivity index (χ4v) is 6.51. The summed E-state index contributed by atoms with van der Waals surface area (Å²) in [5.41, 5.74) is 0. The zero-order valence-corrected chi connectivity index (χ0v) is 34.7. The van der Waals surface area contributed by atoms with Gasteiger partial charge in [-0.05, 0) is 31.1 Å². The van der Waals surface area contributed by atoms with Crippen LogP contribution >= 0.6 is 0 Å². The molecule has 0 aliphatic rings. The van der Waals surface area contributed by atoms with E-state index in [0.717, 1.165) is 69.6 Å². The predicted octanol–water partition coefficient (Wildman–Crippen LogP) is 13.8. The molecule has 3 atom stereocenters. The van der Waals surface area contributed by atoms with Crippen LogP contribution in [0.3, 0.4) is 0 Å². The maximum atomic E-state index is 12.7. The minimum atomic E-state index is -0.760. The summed E-state index contributed by atoms with van der Waals surface area (Å²) in [6.07, 6.45) is 35.1. The Morgan fingerprint density at radius 2 is 0.686 bits per heavy atom. The fraction of sp³-hybridized carbons (Fsp3) is 0.933. The van der Waals surface area contributed by atoms with Crippen molar-refractivity contribution in [2.24, 2.45) is 11.8 Å². The molecule has 0 fully saturated rings. The molecule has 0 aliphatic heterocycles. The summed E-state index contributed by atoms with van der Waals surface area (Å²) in [5.74, 6) is 0.829. The van der Waals surface area contributed by atoms with Gasteiger partial charge in [-0.2, -0.15) is 0 Å². The van der Waals surface area contributed by atoms with Crippen molar-refractivity contribution in [3.63, 3.8) is 0 Å². The normalized spacial score (nSPS) is 13.1. The Hall–Kier alpha value is -1.59. The van der Waals surface area contributed by atoms with Crippen molar-refractivity contribution in [2.75, 3.05) is 13.2 Å². The third-order valence-electron chi connectivity index (χ3n) is 10.7. The lowest BCUT2D eigenvalue weighted by Gasteiger charge is -2.18. The molecule has 302 valence electrons. The molecule has 0 heterocycles. The summed E-state index contributed by atoms with van der Waals surface area (Å²) in [5, 5.41) is 0. The molecule has 6 heteroatoms. The minimum absolute atomic E-state index is 0.0658. The molecular weight excluding hydrogens is 636 g/mol. The van der Waals surface area contributed by atoms with E-state index in [2.05, 4.69) is 34.6 Å². The molecule has 51 heavy (non-hydrogen) atoms. The molecule has 0 rings (SSSR count). The molecule has 0 amide bonds. The number of hydrogen-bond donors (Lipinski definition) is 0. The number of carbonyl (C=O) groups is 3. The van der Waals surface area contributed by atoms with Crippen LogP contribution in [0.15, 0.2) is 0 Å². The second-order valence-electron chi connectivity index (χ2n) is 15.8. The second-order valence-corrected chi connectivity index (χ2v) is 15.8. The van der Waals surface area contributed by atoms with Gasteiger partial charge < -0.3 is 14.2 Å². The average molecular weight is 723 g/mol. The molecule has 0 spiro atoms. The quantitative estimate of drug-likeness (QED) is 0.0357. The smallest absolute Gasteiger partial charge is 0.306 e. The van der Waals surface area contributed by atoms with Gasteiger partial charge in [0.25, 0.3) is 0 Å². The molecular formula is C45H86O6. The molecule has 0 saturated carbocycles. The molecule has 6 nitrogen and oxygen atoms in total. The van der Waals surface area contributed by atoms with Crippen molar-refractivity contribution in [2.45, 2.75) is 246 Å². The predicted molar refractivity (Wildman–Crippen MR) is 215 cm³/mol. The minimum Gasteiger partial charge on any atom is -0.462 e. The Kier molecular flexibility index (Phi) is 37.0. The topological polar surface area (TPSA) is 78.9 Å². The number of ether oxygens (including phenoxy) is 3. The summed E-state index contributed by atoms with van der Waals surface area (Å²) < 4.78 is 16.7. The number of carbonyl (C=O) groups excluding carboxylic acids is 3. The van der Waals surface area contributed by atoms with Crippen LogP contribution in [-0.2, 0) is 28.6 Å². The second kappa shape index (κ2) is 38.1. The van der Waals surface area contributed by atoms with E-state index in [0.29, 0.717) is 19.3 Å². The van der Waals surface area contributed by atoms with Crippen LogP contribution in [0.2, 0.25) is 0 Å². The van der Waals surface area contributed by atoms with E-state index in [1.807, 2.05) is 0 Å². The Morgan fingerprint density at radius 3 is 1.02 bits per heavy atom. The Labute approximate surface area is 317 Å². The molecule has 0 aromatic heterocycles. The van der Waals surface area contributed by atoms with E-state index < -0.39 is 6.10 Å². The monoisotopic (exact) mass is 723 g/mol. The van der Waals surface area contributed by atoms with Crippen molar-refractivity contribution in [1.29, 1.82) is 0 Å². The molecule has 0 saturated heterocycles. The zero-order valence-electron chi connectivity index (χ0n) is 34.7. The molecule has 2 unspecified atom stereocenters. The van der Waals surface area contributed by atoms with Gasteiger partial charge in [-0.1, -0.05) is 202 Å². The number of rotatable bonds is 39. The van der Waals surface area contributed by atoms with Crippen molar-refractivity contribution >= 4 is 17.9 Å². The van der Waals surface area contributed by atoms with Crippen LogP contribution in [0.1, 0.15) is 240 Å². The van der Waals surface area contributed by atoms with Gasteiger partial charge in [-0.15, -0.1) is 0 Å². The van der Waals surface area contributed by atoms with Crippen LogP contribution in [0.5, 0.6) is 0 Å². The molecule has 0 radical (unpaired) electrons. The molecule has 0 aliphatic carbocycles. The number of unbranched alkanes of at least 4 members (excludes halogenated alkanes) is 22. The van der Waals surface area contributed by atoms with Crippen molar-refractivity contribution in [1.82, 2.24) is 0 Å². The van der Waals surface area contributed by atoms with Gasteiger partial charge >= 0.3 is 17.9 Å². The first-order valence-electron chi connectivity index (χ1n) is 22.3. The Bertz CT molecular complexity index is 783. The molecule has 0 bridgehead atoms. The van der Waals surface area contributed by atoms with Gasteiger partial charge in [-0.25, -0.2) is 0 Å². The van der Waals surface area contributed by atoms with Crippen LogP contribution < -0.4 is 0 Å². The van der Waals surface area contributed by atoms with Crippen LogP contribution in [0.25, 0.3) is 0 Å². The number of esters is 3. The van der Waals surface area contributed by atoms with Crippen LogP contribution in [0, 0.1) is 11.8 Å². The highest BCUT2D eigenvalue weighted by atomic mass is 16.6. The lowest BCUT2D eigenvalue weighted by Crippen LogP contribution is -2.30. The van der Waals surface area contributed by atoms with E-state index in [9.17, 15) is 14.4 Å². The summed E-state index contributed by atoms with van der Waals surface area (Å²) in [6.45, 7) is 11.3. The average Bonchev–Trinajstić information content (AvgIpc) is 3.13. The summed E-state index contributed by atoms with van der Waals surface area (Å²) in [7, 11) is 0. The maximum Gasteiger partial charge on any atom is 0.306 e. The Balaban J connectivity index is 4.36. The highest BCUT2D eigenvalue weighted by Gasteiger charge is 2.19. The van der Waals surface area contributed by atoms with E-state index in [-0.39, 0.29) is 31.1 Å². The fourth-order valence-electron chi connectivity index (χ4n) is 6.51. The van der Waals surface area contributed by atoms with E-state index in [4.69, 9.17) is 14.2 Å². The molecule has 0 aromatic rings. The van der Waals surface area contributed by atoms with Crippen molar-refractivity contribution in [3.8, 4) is 0 Å². The lowest BCUT2D eigenvalue weighted by molar-refractivity contribution is -0.167. The summed E-state index contributed by atoms with van der Waals surface area (Å²) in [4.78, 5) is 37.6. The zero-order chi connectivity index (χ0) is 37.6. The third kappa shape index (κ3) is 36.6. The first-order chi connectivity index (χ1) is 24.8. The molecule has 0 aromatic carbocycles. The highest BCUT2D eigenvalue weighted by Crippen LogP contribution is 2.17. The Morgan fingerprint density at radius 1 is 0.392 bits per heavy atom. The van der Waals surface area contributed by atoms with Gasteiger partial charge in [0.05, 0.1) is 0 Å². The largest absolute Gasteiger partial charge is 0.462 e. The summed E-state index contributed by atoms with van der Waals surface area (Å²) >= 11 is 0. The standard InChI is InChI=1S/C45H86O6/c1-6-9-10-11-12-13-20-25-30-35-43(46)49-38-42(51-45(48)37-32-27-22-17-15-19-24-29-34-41(5)8-3)39-50-44(47)36-31-26-21-16-14-18-23-28-33-40(4)7-2/h40-42H,6-39H2,1-5H3/t40?,41?,42-/m0/s1. The van der Waals surface area contributed by atoms with Crippen LogP contribution in [-0.4, -0.2) is 37.2 Å². The van der Waals surface area contributed by atoms with Crippen molar-refractivity contribution < 1.29 is 28.6 Å². The van der Waals surface area contributed by atoms with Gasteiger partial charge in [0, 0.05) is 19.3 Å². The van der Waals surface area contributed by atoms with Gasteiger partial charge in [0.1, 0.15) is 13.2 Å². The van der Waals surface area contributed by atoms with Gasteiger partial charge in [0.15, 0.2) is 6.10 Å².